The summed E-state index contributed by atoms with van der Waals surface area (Å²) in [5, 5.41) is 10.2. The minimum absolute atomic E-state index is 0.303. The second-order valence-corrected chi connectivity index (χ2v) is 5.77. The molecule has 1 fully saturated rings. The van der Waals surface area contributed by atoms with Gasteiger partial charge in [-0.1, -0.05) is 38.0 Å². The van der Waals surface area contributed by atoms with Gasteiger partial charge in [0.2, 0.25) is 0 Å². The first-order valence-electron chi connectivity index (χ1n) is 7.89. The van der Waals surface area contributed by atoms with Crippen LogP contribution in [0.15, 0.2) is 24.3 Å². The van der Waals surface area contributed by atoms with Crippen molar-refractivity contribution in [2.24, 2.45) is 0 Å². The molecule has 2 atom stereocenters. The molecule has 2 rings (SSSR count). The van der Waals surface area contributed by atoms with Crippen molar-refractivity contribution in [3.05, 3.63) is 35.6 Å². The predicted octanol–water partition coefficient (Wildman–Crippen LogP) is 3.90. The Hall–Kier alpha value is -0.930. The molecule has 0 amide bonds. The highest BCUT2D eigenvalue weighted by Crippen LogP contribution is 2.23. The van der Waals surface area contributed by atoms with Crippen LogP contribution in [0.5, 0.6) is 0 Å². The molecule has 2 unspecified atom stereocenters. The Bertz CT molecular complexity index is 410. The van der Waals surface area contributed by atoms with Gasteiger partial charge in [-0.2, -0.15) is 0 Å². The van der Waals surface area contributed by atoms with Crippen LogP contribution in [0, 0.1) is 5.82 Å². The maximum Gasteiger partial charge on any atom is 0.128 e. The zero-order chi connectivity index (χ0) is 14.4. The third kappa shape index (κ3) is 4.03. The third-order valence-electron chi connectivity index (χ3n) is 4.42. The monoisotopic (exact) mass is 279 g/mol. The molecule has 1 aromatic carbocycles. The van der Waals surface area contributed by atoms with Crippen LogP contribution in [0.1, 0.15) is 57.1 Å². The van der Waals surface area contributed by atoms with Crippen molar-refractivity contribution in [1.29, 1.82) is 0 Å². The van der Waals surface area contributed by atoms with Gasteiger partial charge in [0, 0.05) is 18.2 Å². The Labute approximate surface area is 121 Å². The van der Waals surface area contributed by atoms with Gasteiger partial charge >= 0.3 is 0 Å². The summed E-state index contributed by atoms with van der Waals surface area (Å²) in [6.07, 6.45) is 6.19. The summed E-state index contributed by atoms with van der Waals surface area (Å²) < 4.78 is 13.6. The largest absolute Gasteiger partial charge is 0.388 e. The molecule has 1 aromatic rings. The number of aliphatic hydroxyl groups is 1. The smallest absolute Gasteiger partial charge is 0.128 e. The highest BCUT2D eigenvalue weighted by molar-refractivity contribution is 5.19. The first-order chi connectivity index (χ1) is 9.72. The molecule has 112 valence electrons. The van der Waals surface area contributed by atoms with Gasteiger partial charge in [-0.05, 0) is 38.3 Å². The lowest BCUT2D eigenvalue weighted by atomic mass is 10.0. The number of likely N-dealkylation sites (tertiary alicyclic amines) is 1. The lowest BCUT2D eigenvalue weighted by Crippen LogP contribution is -2.35. The average Bonchev–Trinajstić information content (AvgIpc) is 2.70. The van der Waals surface area contributed by atoms with Crippen molar-refractivity contribution in [1.82, 2.24) is 4.90 Å². The van der Waals surface area contributed by atoms with Crippen molar-refractivity contribution >= 4 is 0 Å². The van der Waals surface area contributed by atoms with Crippen molar-refractivity contribution < 1.29 is 9.50 Å². The quantitative estimate of drug-likeness (QED) is 0.883. The number of hydrogen-bond donors (Lipinski definition) is 1. The molecule has 0 spiro atoms. The lowest BCUT2D eigenvalue weighted by Gasteiger charge is -2.29. The van der Waals surface area contributed by atoms with Gasteiger partial charge in [-0.15, -0.1) is 0 Å². The first-order valence-corrected chi connectivity index (χ1v) is 7.89. The minimum Gasteiger partial charge on any atom is -0.388 e. The topological polar surface area (TPSA) is 23.5 Å². The molecule has 1 N–H and O–H groups in total. The highest BCUT2D eigenvalue weighted by atomic mass is 19.1. The van der Waals surface area contributed by atoms with Crippen LogP contribution in [-0.4, -0.2) is 29.1 Å². The summed E-state index contributed by atoms with van der Waals surface area (Å²) >= 11 is 0. The number of rotatable bonds is 5. The lowest BCUT2D eigenvalue weighted by molar-refractivity contribution is 0.120. The van der Waals surface area contributed by atoms with Crippen LogP contribution in [0.3, 0.4) is 0 Å². The maximum atomic E-state index is 13.6. The molecular formula is C17H26FNO. The molecule has 1 aliphatic rings. The van der Waals surface area contributed by atoms with E-state index in [1.54, 1.807) is 18.2 Å². The molecule has 2 nitrogen and oxygen atoms in total. The minimum atomic E-state index is -0.697. The number of hydrogen-bond acceptors (Lipinski definition) is 2. The van der Waals surface area contributed by atoms with Crippen molar-refractivity contribution in [3.8, 4) is 0 Å². The van der Waals surface area contributed by atoms with Crippen LogP contribution in [0.4, 0.5) is 4.39 Å². The number of halogens is 1. The Balaban J connectivity index is 1.91. The van der Waals surface area contributed by atoms with E-state index in [0.29, 0.717) is 18.0 Å². The molecule has 0 saturated carbocycles. The van der Waals surface area contributed by atoms with E-state index in [-0.39, 0.29) is 5.82 Å². The highest BCUT2D eigenvalue weighted by Gasteiger charge is 2.21. The molecule has 1 aliphatic heterocycles. The van der Waals surface area contributed by atoms with E-state index >= 15 is 0 Å². The van der Waals surface area contributed by atoms with Crippen molar-refractivity contribution in [2.75, 3.05) is 13.1 Å². The molecule has 20 heavy (non-hydrogen) atoms. The Morgan fingerprint density at radius 2 is 2.10 bits per heavy atom. The first kappa shape index (κ1) is 15.5. The van der Waals surface area contributed by atoms with Crippen molar-refractivity contribution in [2.45, 2.75) is 57.6 Å². The SMILES string of the molecule is CCC1CCCCCN1CCC(O)c1ccccc1F. The van der Waals surface area contributed by atoms with Crippen molar-refractivity contribution in [3.63, 3.8) is 0 Å². The fourth-order valence-corrected chi connectivity index (χ4v) is 3.18. The van der Waals surface area contributed by atoms with Crippen LogP contribution in [-0.2, 0) is 0 Å². The zero-order valence-electron chi connectivity index (χ0n) is 12.4. The van der Waals surface area contributed by atoms with Gasteiger partial charge in [-0.3, -0.25) is 0 Å². The summed E-state index contributed by atoms with van der Waals surface area (Å²) in [7, 11) is 0. The van der Waals surface area contributed by atoms with Crippen LogP contribution in [0.2, 0.25) is 0 Å². The predicted molar refractivity (Wildman–Crippen MR) is 80.1 cm³/mol. The molecular weight excluding hydrogens is 253 g/mol. The van der Waals surface area contributed by atoms with Gasteiger partial charge in [0.05, 0.1) is 6.10 Å². The second-order valence-electron chi connectivity index (χ2n) is 5.77. The van der Waals surface area contributed by atoms with Crippen LogP contribution < -0.4 is 0 Å². The maximum absolute atomic E-state index is 13.6. The average molecular weight is 279 g/mol. The van der Waals surface area contributed by atoms with E-state index in [0.717, 1.165) is 19.5 Å². The molecule has 0 bridgehead atoms. The number of aliphatic hydroxyl groups excluding tert-OH is 1. The summed E-state index contributed by atoms with van der Waals surface area (Å²) in [5.41, 5.74) is 0.426. The van der Waals surface area contributed by atoms with E-state index in [1.165, 1.54) is 31.7 Å². The van der Waals surface area contributed by atoms with Crippen LogP contribution in [0.25, 0.3) is 0 Å². The molecule has 0 aliphatic carbocycles. The summed E-state index contributed by atoms with van der Waals surface area (Å²) in [5.74, 6) is -0.303. The van der Waals surface area contributed by atoms with E-state index < -0.39 is 6.10 Å². The summed E-state index contributed by atoms with van der Waals surface area (Å²) in [4.78, 5) is 2.48. The number of benzene rings is 1. The second kappa shape index (κ2) is 7.75. The van der Waals surface area contributed by atoms with Gasteiger partial charge in [0.15, 0.2) is 0 Å². The van der Waals surface area contributed by atoms with Gasteiger partial charge in [-0.25, -0.2) is 4.39 Å². The molecule has 0 aromatic heterocycles. The standard InChI is InChI=1S/C17H26FNO/c1-2-14-8-4-3-7-12-19(14)13-11-17(20)15-9-5-6-10-16(15)18/h5-6,9-10,14,17,20H,2-4,7-8,11-13H2,1H3. The third-order valence-corrected chi connectivity index (χ3v) is 4.42. The normalized spacial score (nSPS) is 22.4. The van der Waals surface area contributed by atoms with E-state index in [2.05, 4.69) is 11.8 Å². The number of nitrogens with zero attached hydrogens (tertiary/aromatic N) is 1. The van der Waals surface area contributed by atoms with E-state index in [9.17, 15) is 9.50 Å². The summed E-state index contributed by atoms with van der Waals surface area (Å²) in [6.45, 7) is 4.20. The van der Waals surface area contributed by atoms with Crippen LogP contribution >= 0.6 is 0 Å². The molecule has 1 heterocycles. The Morgan fingerprint density at radius 1 is 1.30 bits per heavy atom. The fourth-order valence-electron chi connectivity index (χ4n) is 3.18. The van der Waals surface area contributed by atoms with Gasteiger partial charge in [0.25, 0.3) is 0 Å². The molecule has 1 saturated heterocycles. The Morgan fingerprint density at radius 3 is 2.85 bits per heavy atom. The Kier molecular flexibility index (Phi) is 5.99. The van der Waals surface area contributed by atoms with Gasteiger partial charge < -0.3 is 10.0 Å². The van der Waals surface area contributed by atoms with E-state index in [1.807, 2.05) is 0 Å². The molecule has 3 heteroatoms. The van der Waals surface area contributed by atoms with Gasteiger partial charge in [0.1, 0.15) is 5.82 Å². The molecule has 0 radical (unpaired) electrons. The summed E-state index contributed by atoms with van der Waals surface area (Å²) in [6, 6.07) is 7.17. The zero-order valence-corrected chi connectivity index (χ0v) is 12.4. The van der Waals surface area contributed by atoms with E-state index in [4.69, 9.17) is 0 Å². The fraction of sp³-hybridized carbons (Fsp3) is 0.647.